The third-order valence-corrected chi connectivity index (χ3v) is 6.54. The topological polar surface area (TPSA) is 96.1 Å². The minimum absolute atomic E-state index is 0.0972. The molecule has 4 rings (SSSR count). The SMILES string of the molecule is N#CC1(NC(=O)CSc2nnc(N3CCOCC3)n2-c2cccc(F)c2)CCCCC1. The predicted molar refractivity (Wildman–Crippen MR) is 115 cm³/mol. The van der Waals surface area contributed by atoms with E-state index in [9.17, 15) is 14.4 Å². The van der Waals surface area contributed by atoms with E-state index < -0.39 is 5.54 Å². The summed E-state index contributed by atoms with van der Waals surface area (Å²) in [6.45, 7) is 2.47. The molecule has 2 aromatic rings. The van der Waals surface area contributed by atoms with Crippen LogP contribution in [0.5, 0.6) is 0 Å². The summed E-state index contributed by atoms with van der Waals surface area (Å²) in [6, 6.07) is 8.52. The fourth-order valence-corrected chi connectivity index (χ4v) is 4.77. The molecule has 0 unspecified atom stereocenters. The minimum Gasteiger partial charge on any atom is -0.378 e. The van der Waals surface area contributed by atoms with Crippen LogP contribution in [0.25, 0.3) is 5.69 Å². The van der Waals surface area contributed by atoms with Crippen LogP contribution in [0.2, 0.25) is 0 Å². The van der Waals surface area contributed by atoms with E-state index in [0.717, 1.165) is 19.3 Å². The van der Waals surface area contributed by atoms with Crippen LogP contribution in [-0.4, -0.2) is 58.3 Å². The molecule has 2 heterocycles. The second-order valence-electron chi connectivity index (χ2n) is 7.79. The maximum absolute atomic E-state index is 13.9. The number of halogens is 1. The lowest BCUT2D eigenvalue weighted by Crippen LogP contribution is -2.49. The highest BCUT2D eigenvalue weighted by molar-refractivity contribution is 7.99. The predicted octanol–water partition coefficient (Wildman–Crippen LogP) is 2.68. The van der Waals surface area contributed by atoms with E-state index in [2.05, 4.69) is 21.6 Å². The summed E-state index contributed by atoms with van der Waals surface area (Å²) < 4.78 is 21.1. The number of aromatic nitrogens is 3. The fraction of sp³-hybridized carbons (Fsp3) is 0.524. The van der Waals surface area contributed by atoms with Crippen LogP contribution in [-0.2, 0) is 9.53 Å². The number of benzene rings is 1. The van der Waals surface area contributed by atoms with Gasteiger partial charge in [-0.05, 0) is 31.0 Å². The van der Waals surface area contributed by atoms with E-state index in [-0.39, 0.29) is 17.5 Å². The number of hydrogen-bond donors (Lipinski definition) is 1. The third-order valence-electron chi connectivity index (χ3n) is 5.61. The van der Waals surface area contributed by atoms with Gasteiger partial charge in [0, 0.05) is 13.1 Å². The quantitative estimate of drug-likeness (QED) is 0.685. The van der Waals surface area contributed by atoms with E-state index in [1.807, 2.05) is 4.90 Å². The Labute approximate surface area is 184 Å². The molecule has 31 heavy (non-hydrogen) atoms. The number of nitrogens with one attached hydrogen (secondary N) is 1. The highest BCUT2D eigenvalue weighted by atomic mass is 32.2. The molecule has 1 aliphatic heterocycles. The first-order chi connectivity index (χ1) is 15.1. The van der Waals surface area contributed by atoms with Gasteiger partial charge in [-0.2, -0.15) is 5.26 Å². The van der Waals surface area contributed by atoms with Crippen molar-refractivity contribution in [3.63, 3.8) is 0 Å². The van der Waals surface area contributed by atoms with Crippen molar-refractivity contribution >= 4 is 23.6 Å². The van der Waals surface area contributed by atoms with Crippen molar-refractivity contribution < 1.29 is 13.9 Å². The molecule has 0 spiro atoms. The molecule has 0 radical (unpaired) electrons. The zero-order chi connectivity index (χ0) is 21.7. The first kappa shape index (κ1) is 21.6. The van der Waals surface area contributed by atoms with E-state index in [4.69, 9.17) is 4.74 Å². The normalized spacial score (nSPS) is 18.4. The van der Waals surface area contributed by atoms with Gasteiger partial charge < -0.3 is 15.0 Å². The van der Waals surface area contributed by atoms with Crippen LogP contribution >= 0.6 is 11.8 Å². The maximum Gasteiger partial charge on any atom is 0.232 e. The standard InChI is InChI=1S/C21H25FN6O2S/c22-16-5-4-6-17(13-16)28-19(27-9-11-30-12-10-27)25-26-20(28)31-14-18(29)24-21(15-23)7-2-1-3-8-21/h4-6,13H,1-3,7-12,14H2,(H,24,29). The monoisotopic (exact) mass is 444 g/mol. The molecular formula is C21H25FN6O2S. The minimum atomic E-state index is -0.773. The zero-order valence-electron chi connectivity index (χ0n) is 17.2. The highest BCUT2D eigenvalue weighted by Crippen LogP contribution is 2.29. The first-order valence-electron chi connectivity index (χ1n) is 10.5. The van der Waals surface area contributed by atoms with Gasteiger partial charge in [0.1, 0.15) is 11.4 Å². The molecule has 1 aliphatic carbocycles. The Bertz CT molecular complexity index is 963. The van der Waals surface area contributed by atoms with E-state index in [1.165, 1.54) is 23.9 Å². The van der Waals surface area contributed by atoms with Crippen LogP contribution in [0, 0.1) is 17.1 Å². The highest BCUT2D eigenvalue weighted by Gasteiger charge is 2.33. The average Bonchev–Trinajstić information content (AvgIpc) is 3.23. The smallest absolute Gasteiger partial charge is 0.232 e. The molecule has 1 aromatic heterocycles. The molecule has 10 heteroatoms. The summed E-state index contributed by atoms with van der Waals surface area (Å²) in [6.07, 6.45) is 4.34. The molecule has 1 aromatic carbocycles. The molecule has 2 aliphatic rings. The van der Waals surface area contributed by atoms with Gasteiger partial charge in [0.05, 0.1) is 30.7 Å². The molecule has 0 bridgehead atoms. The van der Waals surface area contributed by atoms with Gasteiger partial charge in [-0.25, -0.2) is 4.39 Å². The van der Waals surface area contributed by atoms with Gasteiger partial charge >= 0.3 is 0 Å². The number of anilines is 1. The maximum atomic E-state index is 13.9. The molecule has 2 fully saturated rings. The number of nitrogens with zero attached hydrogens (tertiary/aromatic N) is 5. The molecule has 1 amide bonds. The number of ether oxygens (including phenoxy) is 1. The lowest BCUT2D eigenvalue weighted by molar-refractivity contribution is -0.120. The number of nitriles is 1. The summed E-state index contributed by atoms with van der Waals surface area (Å²) in [5.74, 6) is 0.119. The van der Waals surface area contributed by atoms with E-state index in [0.29, 0.717) is 55.9 Å². The van der Waals surface area contributed by atoms with Crippen molar-refractivity contribution in [3.05, 3.63) is 30.1 Å². The molecule has 8 nitrogen and oxygen atoms in total. The number of thioether (sulfide) groups is 1. The second-order valence-corrected chi connectivity index (χ2v) is 8.73. The van der Waals surface area contributed by atoms with Gasteiger partial charge in [-0.15, -0.1) is 10.2 Å². The fourth-order valence-electron chi connectivity index (χ4n) is 4.02. The number of carbonyl (C=O) groups excluding carboxylic acids is 1. The molecule has 164 valence electrons. The summed E-state index contributed by atoms with van der Waals surface area (Å²) >= 11 is 1.23. The van der Waals surface area contributed by atoms with Crippen molar-refractivity contribution in [2.24, 2.45) is 0 Å². The van der Waals surface area contributed by atoms with Crippen LogP contribution in [0.1, 0.15) is 32.1 Å². The summed E-state index contributed by atoms with van der Waals surface area (Å²) in [7, 11) is 0. The second kappa shape index (κ2) is 9.66. The molecular weight excluding hydrogens is 419 g/mol. The molecule has 1 saturated carbocycles. The Balaban J connectivity index is 1.53. The number of morpholine rings is 1. The number of amides is 1. The average molecular weight is 445 g/mol. The van der Waals surface area contributed by atoms with Crippen LogP contribution in [0.3, 0.4) is 0 Å². The Hall–Kier alpha value is -2.64. The van der Waals surface area contributed by atoms with Gasteiger partial charge in [-0.3, -0.25) is 9.36 Å². The summed E-state index contributed by atoms with van der Waals surface area (Å²) in [5, 5.41) is 21.6. The number of hydrogen-bond acceptors (Lipinski definition) is 7. The van der Waals surface area contributed by atoms with Crippen LogP contribution in [0.4, 0.5) is 10.3 Å². The van der Waals surface area contributed by atoms with Crippen molar-refractivity contribution in [1.29, 1.82) is 5.26 Å². The first-order valence-corrected chi connectivity index (χ1v) is 11.5. The van der Waals surface area contributed by atoms with Crippen molar-refractivity contribution in [3.8, 4) is 11.8 Å². The van der Waals surface area contributed by atoms with Crippen LogP contribution < -0.4 is 10.2 Å². The molecule has 1 N–H and O–H groups in total. The number of carbonyl (C=O) groups is 1. The summed E-state index contributed by atoms with van der Waals surface area (Å²) in [5.41, 5.74) is -0.180. The van der Waals surface area contributed by atoms with Crippen molar-refractivity contribution in [2.45, 2.75) is 42.8 Å². The Morgan fingerprint density at radius 2 is 2.03 bits per heavy atom. The lowest BCUT2D eigenvalue weighted by Gasteiger charge is -2.31. The molecule has 1 saturated heterocycles. The van der Waals surface area contributed by atoms with Crippen LogP contribution in [0.15, 0.2) is 29.4 Å². The Morgan fingerprint density at radius 1 is 1.26 bits per heavy atom. The van der Waals surface area contributed by atoms with Crippen molar-refractivity contribution in [1.82, 2.24) is 20.1 Å². The van der Waals surface area contributed by atoms with Gasteiger partial charge in [0.25, 0.3) is 0 Å². The molecule has 0 atom stereocenters. The summed E-state index contributed by atoms with van der Waals surface area (Å²) in [4.78, 5) is 14.7. The Morgan fingerprint density at radius 3 is 2.74 bits per heavy atom. The van der Waals surface area contributed by atoms with E-state index in [1.54, 1.807) is 16.7 Å². The third kappa shape index (κ3) is 4.99. The zero-order valence-corrected chi connectivity index (χ0v) is 18.0. The van der Waals surface area contributed by atoms with E-state index >= 15 is 0 Å². The number of rotatable bonds is 6. The van der Waals surface area contributed by atoms with Gasteiger partial charge in [0.2, 0.25) is 11.9 Å². The van der Waals surface area contributed by atoms with Gasteiger partial charge in [0.15, 0.2) is 5.16 Å². The van der Waals surface area contributed by atoms with Crippen molar-refractivity contribution in [2.75, 3.05) is 37.0 Å². The lowest BCUT2D eigenvalue weighted by atomic mass is 9.83. The largest absolute Gasteiger partial charge is 0.378 e. The van der Waals surface area contributed by atoms with Gasteiger partial charge in [-0.1, -0.05) is 37.1 Å². The Kier molecular flexibility index (Phi) is 6.73.